The van der Waals surface area contributed by atoms with Crippen LogP contribution in [0.2, 0.25) is 0 Å². The van der Waals surface area contributed by atoms with Crippen LogP contribution in [-0.4, -0.2) is 4.98 Å². The van der Waals surface area contributed by atoms with E-state index in [-0.39, 0.29) is 0 Å². The lowest BCUT2D eigenvalue weighted by Gasteiger charge is -2.09. The zero-order chi connectivity index (χ0) is 17.7. The van der Waals surface area contributed by atoms with E-state index in [1.54, 1.807) is 0 Å². The number of H-pyrrole nitrogens is 1. The molecular weight excluding hydrogens is 304 g/mol. The molecule has 138 valence electrons. The van der Waals surface area contributed by atoms with E-state index < -0.39 is 0 Å². The lowest BCUT2D eigenvalue weighted by atomic mass is 10.0. The Bertz CT molecular complexity index is 558. The summed E-state index contributed by atoms with van der Waals surface area (Å²) in [7, 11) is 0. The van der Waals surface area contributed by atoms with Gasteiger partial charge in [-0.15, -0.1) is 0 Å². The number of rotatable bonds is 13. The monoisotopic (exact) mass is 341 g/mol. The van der Waals surface area contributed by atoms with Crippen LogP contribution in [0.4, 0.5) is 0 Å². The van der Waals surface area contributed by atoms with Crippen LogP contribution < -0.4 is 4.57 Å². The zero-order valence-corrected chi connectivity index (χ0v) is 16.3. The number of nitrogens with one attached hydrogen (secondary N) is 1. The Morgan fingerprint density at radius 1 is 0.880 bits per heavy atom. The minimum absolute atomic E-state index is 0.600. The maximum atomic E-state index is 3.47. The molecule has 1 atom stereocenters. The van der Waals surface area contributed by atoms with Gasteiger partial charge in [0.2, 0.25) is 0 Å². The van der Waals surface area contributed by atoms with E-state index >= 15 is 0 Å². The smallest absolute Gasteiger partial charge is 0.247 e. The molecule has 1 heterocycles. The van der Waals surface area contributed by atoms with Crippen molar-refractivity contribution in [2.45, 2.75) is 90.5 Å². The summed E-state index contributed by atoms with van der Waals surface area (Å²) in [6.07, 6.45) is 18.2. The molecule has 2 nitrogen and oxygen atoms in total. The van der Waals surface area contributed by atoms with Gasteiger partial charge in [0.25, 0.3) is 5.82 Å². The molecule has 2 aromatic rings. The third kappa shape index (κ3) is 7.46. The van der Waals surface area contributed by atoms with Crippen molar-refractivity contribution in [1.82, 2.24) is 4.98 Å². The van der Waals surface area contributed by atoms with Crippen LogP contribution in [0.15, 0.2) is 42.7 Å². The molecule has 0 aliphatic heterocycles. The summed E-state index contributed by atoms with van der Waals surface area (Å²) in [6.45, 7) is 5.61. The van der Waals surface area contributed by atoms with E-state index in [1.165, 1.54) is 75.6 Å². The van der Waals surface area contributed by atoms with Gasteiger partial charge in [0.1, 0.15) is 18.9 Å². The molecule has 25 heavy (non-hydrogen) atoms. The second kappa shape index (κ2) is 11.9. The quantitative estimate of drug-likeness (QED) is 0.322. The molecule has 0 aliphatic carbocycles. The Morgan fingerprint density at radius 3 is 2.20 bits per heavy atom. The first-order valence-corrected chi connectivity index (χ1v) is 10.4. The van der Waals surface area contributed by atoms with E-state index in [4.69, 9.17) is 0 Å². The molecule has 2 heteroatoms. The minimum Gasteiger partial charge on any atom is -0.247 e. The van der Waals surface area contributed by atoms with E-state index in [0.29, 0.717) is 5.92 Å². The van der Waals surface area contributed by atoms with Crippen molar-refractivity contribution in [3.05, 3.63) is 54.1 Å². The fraction of sp³-hybridized carbons (Fsp3) is 0.609. The number of nitrogens with zero attached hydrogens (tertiary/aromatic N) is 1. The second-order valence-electron chi connectivity index (χ2n) is 7.48. The molecule has 2 rings (SSSR count). The zero-order valence-electron chi connectivity index (χ0n) is 16.3. The van der Waals surface area contributed by atoms with E-state index in [9.17, 15) is 0 Å². The molecule has 1 aromatic heterocycles. The van der Waals surface area contributed by atoms with Crippen LogP contribution in [0.25, 0.3) is 0 Å². The van der Waals surface area contributed by atoms with E-state index in [1.807, 2.05) is 0 Å². The third-order valence-electron chi connectivity index (χ3n) is 5.20. The number of aromatic amines is 1. The Hall–Kier alpha value is -1.57. The average Bonchev–Trinajstić information content (AvgIpc) is 3.09. The molecule has 0 radical (unpaired) electrons. The van der Waals surface area contributed by atoms with Crippen LogP contribution in [0.5, 0.6) is 0 Å². The van der Waals surface area contributed by atoms with Gasteiger partial charge in [-0.3, -0.25) is 0 Å². The molecule has 0 fully saturated rings. The summed E-state index contributed by atoms with van der Waals surface area (Å²) < 4.78 is 2.37. The van der Waals surface area contributed by atoms with Gasteiger partial charge in [-0.25, -0.2) is 9.55 Å². The van der Waals surface area contributed by atoms with Crippen LogP contribution in [-0.2, 0) is 6.54 Å². The highest BCUT2D eigenvalue weighted by molar-refractivity contribution is 5.13. The Labute approximate surface area is 154 Å². The van der Waals surface area contributed by atoms with Crippen molar-refractivity contribution in [2.24, 2.45) is 0 Å². The van der Waals surface area contributed by atoms with E-state index in [0.717, 1.165) is 6.54 Å². The summed E-state index contributed by atoms with van der Waals surface area (Å²) in [4.78, 5) is 3.47. The molecule has 0 saturated carbocycles. The fourth-order valence-corrected chi connectivity index (χ4v) is 3.62. The van der Waals surface area contributed by atoms with Gasteiger partial charge in [-0.2, -0.15) is 0 Å². The Kier molecular flexibility index (Phi) is 9.40. The maximum Gasteiger partial charge on any atom is 0.257 e. The van der Waals surface area contributed by atoms with Crippen LogP contribution in [0, 0.1) is 0 Å². The highest BCUT2D eigenvalue weighted by Gasteiger charge is 2.18. The van der Waals surface area contributed by atoms with Gasteiger partial charge < -0.3 is 0 Å². The van der Waals surface area contributed by atoms with Crippen molar-refractivity contribution in [1.29, 1.82) is 0 Å². The van der Waals surface area contributed by atoms with Gasteiger partial charge in [0.05, 0.1) is 5.92 Å². The molecule has 0 amide bonds. The number of hydrogen-bond acceptors (Lipinski definition) is 0. The van der Waals surface area contributed by atoms with Crippen molar-refractivity contribution in [3.63, 3.8) is 0 Å². The van der Waals surface area contributed by atoms with Gasteiger partial charge in [-0.05, 0) is 12.0 Å². The lowest BCUT2D eigenvalue weighted by Crippen LogP contribution is -2.37. The summed E-state index contributed by atoms with van der Waals surface area (Å²) >= 11 is 0. The molecule has 1 N–H and O–H groups in total. The summed E-state index contributed by atoms with van der Waals surface area (Å²) in [5.74, 6) is 1.96. The highest BCUT2D eigenvalue weighted by Crippen LogP contribution is 2.19. The average molecular weight is 342 g/mol. The van der Waals surface area contributed by atoms with Crippen molar-refractivity contribution in [3.8, 4) is 0 Å². The number of benzene rings is 1. The van der Waals surface area contributed by atoms with Gasteiger partial charge in [0.15, 0.2) is 0 Å². The molecule has 1 aromatic carbocycles. The van der Waals surface area contributed by atoms with Gasteiger partial charge in [0, 0.05) is 0 Å². The van der Waals surface area contributed by atoms with Crippen LogP contribution in [0.1, 0.15) is 95.4 Å². The largest absolute Gasteiger partial charge is 0.257 e. The first-order chi connectivity index (χ1) is 12.3. The predicted molar refractivity (Wildman–Crippen MR) is 107 cm³/mol. The standard InChI is InChI=1S/C23H36N2/c1-3-4-5-6-7-8-9-10-12-15-21(2)23-24-18-19-25(23)20-22-16-13-11-14-17-22/h11,13-14,16-19,21H,3-10,12,15,20H2,1-2H3/p+1/t21-/m0/s1. The number of hydrogen-bond donors (Lipinski definition) is 1. The molecule has 0 spiro atoms. The van der Waals surface area contributed by atoms with Crippen molar-refractivity contribution < 1.29 is 4.57 Å². The number of unbranched alkanes of at least 4 members (excludes halogenated alkanes) is 8. The van der Waals surface area contributed by atoms with Gasteiger partial charge >= 0.3 is 0 Å². The van der Waals surface area contributed by atoms with Crippen molar-refractivity contribution in [2.75, 3.05) is 0 Å². The first kappa shape index (κ1) is 19.8. The van der Waals surface area contributed by atoms with Crippen LogP contribution >= 0.6 is 0 Å². The fourth-order valence-electron chi connectivity index (χ4n) is 3.62. The Morgan fingerprint density at radius 2 is 1.52 bits per heavy atom. The van der Waals surface area contributed by atoms with Gasteiger partial charge in [-0.1, -0.05) is 102 Å². The number of aromatic nitrogens is 2. The molecule has 0 unspecified atom stereocenters. The summed E-state index contributed by atoms with van der Waals surface area (Å²) in [6, 6.07) is 10.7. The lowest BCUT2D eigenvalue weighted by molar-refractivity contribution is -0.695. The van der Waals surface area contributed by atoms with Crippen molar-refractivity contribution >= 4 is 0 Å². The predicted octanol–water partition coefficient (Wildman–Crippen LogP) is 6.37. The maximum absolute atomic E-state index is 3.47. The summed E-state index contributed by atoms with van der Waals surface area (Å²) in [5, 5.41) is 0. The summed E-state index contributed by atoms with van der Waals surface area (Å²) in [5.41, 5.74) is 1.36. The molecule has 0 bridgehead atoms. The topological polar surface area (TPSA) is 19.7 Å². The highest BCUT2D eigenvalue weighted by atomic mass is 15.1. The van der Waals surface area contributed by atoms with Crippen LogP contribution in [0.3, 0.4) is 0 Å². The molecular formula is C23H37N2+. The Balaban J connectivity index is 1.64. The molecule has 0 aliphatic rings. The normalized spacial score (nSPS) is 12.4. The SMILES string of the molecule is CCCCCCCCCCC[C@H](C)c1[nH]cc[n+]1Cc1ccccc1. The first-order valence-electron chi connectivity index (χ1n) is 10.4. The number of imidazole rings is 1. The third-order valence-corrected chi connectivity index (χ3v) is 5.20. The minimum atomic E-state index is 0.600. The van der Waals surface area contributed by atoms with E-state index in [2.05, 4.69) is 66.1 Å². The molecule has 0 saturated heterocycles. The second-order valence-corrected chi connectivity index (χ2v) is 7.48.